The number of aromatic amines is 1. The summed E-state index contributed by atoms with van der Waals surface area (Å²) in [5, 5.41) is 8.55. The van der Waals surface area contributed by atoms with E-state index >= 15 is 0 Å². The Hall–Kier alpha value is -2.31. The van der Waals surface area contributed by atoms with Crippen molar-refractivity contribution in [2.45, 2.75) is 19.8 Å². The van der Waals surface area contributed by atoms with Crippen LogP contribution in [-0.4, -0.2) is 21.1 Å². The van der Waals surface area contributed by atoms with Crippen LogP contribution in [0.4, 0.5) is 14.5 Å². The predicted octanol–water partition coefficient (Wildman–Crippen LogP) is 2.29. The number of carbonyl (C=O) groups excluding carboxylic acids is 1. The van der Waals surface area contributed by atoms with Gasteiger partial charge in [-0.25, -0.2) is 13.8 Å². The van der Waals surface area contributed by atoms with Crippen LogP contribution in [-0.2, 0) is 6.42 Å². The molecule has 2 rings (SSSR count). The Balaban J connectivity index is 2.14. The van der Waals surface area contributed by atoms with Gasteiger partial charge in [0.1, 0.15) is 5.82 Å². The Morgan fingerprint density at radius 1 is 1.42 bits per heavy atom. The molecular formula is C12H12F2N4O. The molecule has 100 valence electrons. The fraction of sp³-hybridized carbons (Fsp3) is 0.250. The van der Waals surface area contributed by atoms with Gasteiger partial charge in [-0.1, -0.05) is 13.0 Å². The van der Waals surface area contributed by atoms with Gasteiger partial charge in [-0.3, -0.25) is 9.89 Å². The fourth-order valence-corrected chi connectivity index (χ4v) is 1.52. The first-order valence-corrected chi connectivity index (χ1v) is 5.78. The molecule has 2 aromatic rings. The van der Waals surface area contributed by atoms with Crippen LogP contribution >= 0.6 is 0 Å². The van der Waals surface area contributed by atoms with Gasteiger partial charge < -0.3 is 5.32 Å². The second kappa shape index (κ2) is 5.55. The van der Waals surface area contributed by atoms with Crippen LogP contribution in [0.25, 0.3) is 0 Å². The molecule has 0 aliphatic carbocycles. The number of amides is 1. The minimum Gasteiger partial charge on any atom is -0.317 e. The second-order valence-corrected chi connectivity index (χ2v) is 3.91. The maximum absolute atomic E-state index is 13.4. The van der Waals surface area contributed by atoms with Gasteiger partial charge in [0, 0.05) is 6.42 Å². The molecule has 0 bridgehead atoms. The van der Waals surface area contributed by atoms with Gasteiger partial charge in [-0.2, -0.15) is 0 Å². The van der Waals surface area contributed by atoms with Gasteiger partial charge in [0.15, 0.2) is 11.6 Å². The van der Waals surface area contributed by atoms with Crippen molar-refractivity contribution in [3.05, 3.63) is 41.5 Å². The summed E-state index contributed by atoms with van der Waals surface area (Å²) in [5.41, 5.74) is -0.244. The van der Waals surface area contributed by atoms with Crippen molar-refractivity contribution in [1.82, 2.24) is 15.2 Å². The summed E-state index contributed by atoms with van der Waals surface area (Å²) in [6.07, 6.45) is 1.52. The normalized spacial score (nSPS) is 10.5. The molecule has 0 atom stereocenters. The van der Waals surface area contributed by atoms with E-state index in [4.69, 9.17) is 0 Å². The van der Waals surface area contributed by atoms with Crippen LogP contribution in [0.5, 0.6) is 0 Å². The number of halogens is 2. The Bertz CT molecular complexity index is 597. The lowest BCUT2D eigenvalue weighted by atomic mass is 10.3. The number of anilines is 1. The maximum Gasteiger partial charge on any atom is 0.295 e. The van der Waals surface area contributed by atoms with Gasteiger partial charge in [0.2, 0.25) is 5.82 Å². The minimum atomic E-state index is -1.11. The van der Waals surface area contributed by atoms with Crippen molar-refractivity contribution < 1.29 is 13.6 Å². The van der Waals surface area contributed by atoms with Crippen molar-refractivity contribution in [1.29, 1.82) is 0 Å². The zero-order chi connectivity index (χ0) is 13.8. The number of rotatable bonds is 4. The highest BCUT2D eigenvalue weighted by Gasteiger charge is 2.15. The molecule has 0 aliphatic rings. The lowest BCUT2D eigenvalue weighted by Crippen LogP contribution is -2.15. The Labute approximate surface area is 108 Å². The third kappa shape index (κ3) is 2.93. The molecule has 0 fully saturated rings. The van der Waals surface area contributed by atoms with Crippen LogP contribution in [0, 0.1) is 11.6 Å². The van der Waals surface area contributed by atoms with E-state index in [9.17, 15) is 13.6 Å². The van der Waals surface area contributed by atoms with Gasteiger partial charge in [-0.05, 0) is 18.6 Å². The Kier molecular flexibility index (Phi) is 3.84. The molecule has 0 saturated carbocycles. The Morgan fingerprint density at radius 2 is 2.21 bits per heavy atom. The Morgan fingerprint density at radius 3 is 2.95 bits per heavy atom. The lowest BCUT2D eigenvalue weighted by molar-refractivity contribution is 0.101. The highest BCUT2D eigenvalue weighted by Crippen LogP contribution is 2.16. The van der Waals surface area contributed by atoms with E-state index in [1.807, 2.05) is 6.92 Å². The molecule has 5 nitrogen and oxygen atoms in total. The van der Waals surface area contributed by atoms with Gasteiger partial charge >= 0.3 is 0 Å². The number of carbonyl (C=O) groups is 1. The number of hydrogen-bond acceptors (Lipinski definition) is 3. The number of aromatic nitrogens is 3. The van der Waals surface area contributed by atoms with E-state index in [2.05, 4.69) is 20.5 Å². The standard InChI is InChI=1S/C12H12F2N4O/c1-2-4-9-16-11(18-17-9)12(19)15-8-6-3-5-7(13)10(8)14/h3,5-6H,2,4H2,1H3,(H,15,19)(H,16,17,18). The summed E-state index contributed by atoms with van der Waals surface area (Å²) in [7, 11) is 0. The van der Waals surface area contributed by atoms with Crippen molar-refractivity contribution in [3.8, 4) is 0 Å². The topological polar surface area (TPSA) is 70.7 Å². The first-order chi connectivity index (χ1) is 9.11. The van der Waals surface area contributed by atoms with Crippen LogP contribution < -0.4 is 5.32 Å². The molecule has 1 amide bonds. The first kappa shape index (κ1) is 13.1. The molecule has 0 radical (unpaired) electrons. The van der Waals surface area contributed by atoms with E-state index in [-0.39, 0.29) is 11.5 Å². The number of H-pyrrole nitrogens is 1. The van der Waals surface area contributed by atoms with Crippen LogP contribution in [0.1, 0.15) is 29.8 Å². The smallest absolute Gasteiger partial charge is 0.295 e. The molecule has 2 N–H and O–H groups in total. The number of hydrogen-bond donors (Lipinski definition) is 2. The third-order valence-corrected chi connectivity index (χ3v) is 2.42. The SMILES string of the molecule is CCCc1nc(C(=O)Nc2cccc(F)c2F)n[nH]1. The summed E-state index contributed by atoms with van der Waals surface area (Å²) < 4.78 is 26.3. The van der Waals surface area contributed by atoms with E-state index in [0.717, 1.165) is 12.5 Å². The molecule has 0 saturated heterocycles. The maximum atomic E-state index is 13.4. The van der Waals surface area contributed by atoms with Gasteiger partial charge in [0.05, 0.1) is 5.69 Å². The molecular weight excluding hydrogens is 254 g/mol. The second-order valence-electron chi connectivity index (χ2n) is 3.91. The quantitative estimate of drug-likeness (QED) is 0.891. The highest BCUT2D eigenvalue weighted by atomic mass is 19.2. The van der Waals surface area contributed by atoms with Crippen LogP contribution in [0.3, 0.4) is 0 Å². The summed E-state index contributed by atoms with van der Waals surface area (Å²) in [6.45, 7) is 1.96. The summed E-state index contributed by atoms with van der Waals surface area (Å²) in [6, 6.07) is 3.53. The lowest BCUT2D eigenvalue weighted by Gasteiger charge is -2.03. The number of nitrogens with zero attached hydrogens (tertiary/aromatic N) is 2. The van der Waals surface area contributed by atoms with E-state index in [0.29, 0.717) is 12.2 Å². The average molecular weight is 266 g/mol. The number of benzene rings is 1. The molecule has 0 spiro atoms. The van der Waals surface area contributed by atoms with E-state index in [1.54, 1.807) is 0 Å². The molecule has 1 aromatic heterocycles. The summed E-state index contributed by atoms with van der Waals surface area (Å²) >= 11 is 0. The molecule has 1 heterocycles. The summed E-state index contributed by atoms with van der Waals surface area (Å²) in [4.78, 5) is 15.7. The molecule has 0 aliphatic heterocycles. The molecule has 7 heteroatoms. The zero-order valence-electron chi connectivity index (χ0n) is 10.2. The molecule has 1 aromatic carbocycles. The number of aryl methyl sites for hydroxylation is 1. The fourth-order valence-electron chi connectivity index (χ4n) is 1.52. The van der Waals surface area contributed by atoms with Crippen molar-refractivity contribution in [2.75, 3.05) is 5.32 Å². The molecule has 0 unspecified atom stereocenters. The predicted molar refractivity (Wildman–Crippen MR) is 64.7 cm³/mol. The van der Waals surface area contributed by atoms with Crippen molar-refractivity contribution in [3.63, 3.8) is 0 Å². The van der Waals surface area contributed by atoms with Crippen LogP contribution in [0.2, 0.25) is 0 Å². The van der Waals surface area contributed by atoms with Crippen molar-refractivity contribution in [2.24, 2.45) is 0 Å². The molecule has 19 heavy (non-hydrogen) atoms. The largest absolute Gasteiger partial charge is 0.317 e. The highest BCUT2D eigenvalue weighted by molar-refractivity contribution is 6.01. The van der Waals surface area contributed by atoms with Gasteiger partial charge in [-0.15, -0.1) is 5.10 Å². The summed E-state index contributed by atoms with van der Waals surface area (Å²) in [5.74, 6) is -2.36. The van der Waals surface area contributed by atoms with Crippen molar-refractivity contribution >= 4 is 11.6 Å². The van der Waals surface area contributed by atoms with E-state index in [1.165, 1.54) is 12.1 Å². The minimum absolute atomic E-state index is 0.105. The average Bonchev–Trinajstić information content (AvgIpc) is 2.84. The first-order valence-electron chi connectivity index (χ1n) is 5.78. The van der Waals surface area contributed by atoms with Gasteiger partial charge in [0.25, 0.3) is 5.91 Å². The monoisotopic (exact) mass is 266 g/mol. The van der Waals surface area contributed by atoms with Crippen LogP contribution in [0.15, 0.2) is 18.2 Å². The zero-order valence-corrected chi connectivity index (χ0v) is 10.2. The third-order valence-electron chi connectivity index (χ3n) is 2.42. The number of nitrogens with one attached hydrogen (secondary N) is 2. The van der Waals surface area contributed by atoms with E-state index < -0.39 is 17.5 Å².